The highest BCUT2D eigenvalue weighted by Crippen LogP contribution is 2.15. The van der Waals surface area contributed by atoms with Crippen molar-refractivity contribution in [2.45, 2.75) is 27.3 Å². The highest BCUT2D eigenvalue weighted by molar-refractivity contribution is 7.11. The average molecular weight is 402 g/mol. The molecule has 0 bridgehead atoms. The quantitative estimate of drug-likeness (QED) is 0.672. The van der Waals surface area contributed by atoms with Crippen LogP contribution in [0, 0.1) is 11.2 Å². The Kier molecular flexibility index (Phi) is 5.58. The zero-order valence-corrected chi connectivity index (χ0v) is 17.0. The lowest BCUT2D eigenvalue weighted by Crippen LogP contribution is -2.33. The zero-order chi connectivity index (χ0) is 19.6. The van der Waals surface area contributed by atoms with E-state index in [1.807, 2.05) is 44.4 Å². The van der Waals surface area contributed by atoms with Crippen molar-refractivity contribution in [3.8, 4) is 0 Å². The van der Waals surface area contributed by atoms with Gasteiger partial charge in [0.05, 0.1) is 11.1 Å². The second-order valence-electron chi connectivity index (χ2n) is 7.21. The maximum Gasteiger partial charge on any atom is 0.269 e. The van der Waals surface area contributed by atoms with Crippen LogP contribution in [0.4, 0.5) is 4.39 Å². The van der Waals surface area contributed by atoms with Crippen LogP contribution in [0.25, 0.3) is 12.2 Å². The van der Waals surface area contributed by atoms with Crippen LogP contribution < -0.4 is 14.8 Å². The molecular weight excluding hydrogens is 381 g/mol. The number of benzene rings is 1. The van der Waals surface area contributed by atoms with Gasteiger partial charge in [-0.15, -0.1) is 22.7 Å². The molecule has 1 aromatic carbocycles. The van der Waals surface area contributed by atoms with Crippen LogP contribution in [0.15, 0.2) is 46.6 Å². The minimum atomic E-state index is -0.555. The van der Waals surface area contributed by atoms with Crippen molar-refractivity contribution in [1.29, 1.82) is 0 Å². The maximum absolute atomic E-state index is 14.1. The third-order valence-electron chi connectivity index (χ3n) is 4.03. The maximum atomic E-state index is 14.1. The van der Waals surface area contributed by atoms with Gasteiger partial charge in [-0.2, -0.15) is 0 Å². The molecule has 3 aromatic rings. The fourth-order valence-electron chi connectivity index (χ4n) is 2.42. The van der Waals surface area contributed by atoms with Gasteiger partial charge in [0.15, 0.2) is 5.78 Å². The van der Waals surface area contributed by atoms with Crippen molar-refractivity contribution >= 4 is 40.6 Å². The number of halogens is 1. The van der Waals surface area contributed by atoms with Crippen molar-refractivity contribution in [3.05, 3.63) is 77.6 Å². The second kappa shape index (κ2) is 7.74. The molecule has 0 saturated heterocycles. The molecule has 0 spiro atoms. The molecule has 0 radical (unpaired) electrons. The van der Waals surface area contributed by atoms with Crippen LogP contribution >= 0.6 is 22.7 Å². The number of carbonyl (C=O) groups is 1. The van der Waals surface area contributed by atoms with Crippen molar-refractivity contribution < 1.29 is 9.18 Å². The number of nitrogens with zero attached hydrogens (tertiary/aromatic N) is 1. The summed E-state index contributed by atoms with van der Waals surface area (Å²) in [6.07, 6.45) is 3.31. The second-order valence-corrected chi connectivity index (χ2v) is 9.25. The van der Waals surface area contributed by atoms with E-state index in [2.05, 4.69) is 0 Å². The smallest absolute Gasteiger partial charge is 0.269 e. The van der Waals surface area contributed by atoms with Gasteiger partial charge in [0.1, 0.15) is 10.5 Å². The number of hydrogen-bond acceptors (Lipinski definition) is 4. The first-order chi connectivity index (χ1) is 12.8. The van der Waals surface area contributed by atoms with E-state index in [0.717, 1.165) is 4.88 Å². The Morgan fingerprint density at radius 1 is 1.19 bits per heavy atom. The van der Waals surface area contributed by atoms with Gasteiger partial charge >= 0.3 is 0 Å². The third-order valence-corrected chi connectivity index (χ3v) is 5.91. The van der Waals surface area contributed by atoms with Crippen LogP contribution in [-0.4, -0.2) is 10.4 Å². The number of Topliss-reactive ketones (excluding diaryl/α,β-unsaturated/α-hetero) is 1. The molecule has 0 aliphatic heterocycles. The van der Waals surface area contributed by atoms with E-state index in [-0.39, 0.29) is 23.7 Å². The molecule has 0 aliphatic rings. The predicted octanol–water partition coefficient (Wildman–Crippen LogP) is 3.38. The van der Waals surface area contributed by atoms with E-state index >= 15 is 0 Å². The zero-order valence-electron chi connectivity index (χ0n) is 15.4. The molecule has 6 heteroatoms. The van der Waals surface area contributed by atoms with Gasteiger partial charge in [-0.25, -0.2) is 4.39 Å². The Bertz CT molecular complexity index is 1130. The Morgan fingerprint density at radius 3 is 2.56 bits per heavy atom. The lowest BCUT2D eigenvalue weighted by atomic mass is 9.91. The van der Waals surface area contributed by atoms with Gasteiger partial charge in [-0.1, -0.05) is 45.0 Å². The molecule has 2 heterocycles. The number of thiophene rings is 1. The van der Waals surface area contributed by atoms with Crippen LogP contribution in [0.2, 0.25) is 0 Å². The number of hydrogen-bond donors (Lipinski definition) is 0. The molecule has 27 heavy (non-hydrogen) atoms. The summed E-state index contributed by atoms with van der Waals surface area (Å²) in [6, 6.07) is 10.2. The fraction of sp³-hybridized carbons (Fsp3) is 0.238. The lowest BCUT2D eigenvalue weighted by Gasteiger charge is -2.13. The van der Waals surface area contributed by atoms with Crippen LogP contribution in [0.1, 0.15) is 31.2 Å². The molecule has 3 nitrogen and oxygen atoms in total. The first-order valence-corrected chi connectivity index (χ1v) is 10.2. The molecule has 0 N–H and O–H groups in total. The van der Waals surface area contributed by atoms with Crippen molar-refractivity contribution in [3.63, 3.8) is 0 Å². The van der Waals surface area contributed by atoms with Crippen LogP contribution in [0.3, 0.4) is 0 Å². The number of rotatable bonds is 4. The van der Waals surface area contributed by atoms with Crippen LogP contribution in [-0.2, 0) is 11.3 Å². The Morgan fingerprint density at radius 2 is 1.93 bits per heavy atom. The SMILES string of the molecule is CC(C)(C)C(=O)/C=c1/s/c(=C\c2cccs2)c(=O)n1Cc1ccccc1F. The van der Waals surface area contributed by atoms with Gasteiger partial charge in [-0.3, -0.25) is 14.2 Å². The summed E-state index contributed by atoms with van der Waals surface area (Å²) in [6.45, 7) is 5.58. The minimum Gasteiger partial charge on any atom is -0.294 e. The van der Waals surface area contributed by atoms with E-state index in [1.54, 1.807) is 18.2 Å². The number of carbonyl (C=O) groups excluding carboxylic acids is 1. The predicted molar refractivity (Wildman–Crippen MR) is 110 cm³/mol. The molecular formula is C21H20FNO2S2. The summed E-state index contributed by atoms with van der Waals surface area (Å²) in [7, 11) is 0. The highest BCUT2D eigenvalue weighted by atomic mass is 32.1. The van der Waals surface area contributed by atoms with Gasteiger partial charge in [0, 0.05) is 21.9 Å². The monoisotopic (exact) mass is 401 g/mol. The molecule has 3 rings (SSSR count). The fourth-order valence-corrected chi connectivity index (χ4v) is 4.19. The summed E-state index contributed by atoms with van der Waals surface area (Å²) in [5.41, 5.74) is -0.358. The summed E-state index contributed by atoms with van der Waals surface area (Å²) in [5.74, 6) is -0.443. The highest BCUT2D eigenvalue weighted by Gasteiger charge is 2.19. The van der Waals surface area contributed by atoms with E-state index in [1.165, 1.54) is 39.4 Å². The molecule has 2 aromatic heterocycles. The molecule has 0 saturated carbocycles. The molecule has 0 amide bonds. The summed E-state index contributed by atoms with van der Waals surface area (Å²) < 4.78 is 16.6. The number of aromatic nitrogens is 1. The summed E-state index contributed by atoms with van der Waals surface area (Å²) >= 11 is 2.79. The van der Waals surface area contributed by atoms with Gasteiger partial charge in [-0.05, 0) is 23.6 Å². The molecule has 0 atom stereocenters. The Hall–Kier alpha value is -2.31. The van der Waals surface area contributed by atoms with E-state index in [4.69, 9.17) is 0 Å². The Labute approximate surface area is 164 Å². The van der Waals surface area contributed by atoms with E-state index in [9.17, 15) is 14.0 Å². The van der Waals surface area contributed by atoms with E-state index in [0.29, 0.717) is 14.8 Å². The normalized spacial score (nSPS) is 13.3. The van der Waals surface area contributed by atoms with Crippen molar-refractivity contribution in [1.82, 2.24) is 4.57 Å². The van der Waals surface area contributed by atoms with Crippen molar-refractivity contribution in [2.24, 2.45) is 5.41 Å². The molecule has 0 fully saturated rings. The average Bonchev–Trinajstić information content (AvgIpc) is 3.20. The number of ketones is 1. The summed E-state index contributed by atoms with van der Waals surface area (Å²) in [4.78, 5) is 26.4. The Balaban J connectivity index is 2.19. The van der Waals surface area contributed by atoms with E-state index < -0.39 is 5.41 Å². The first kappa shape index (κ1) is 19.5. The molecule has 140 valence electrons. The first-order valence-electron chi connectivity index (χ1n) is 8.50. The minimum absolute atomic E-state index is 0.0753. The standard InChI is InChI=1S/C21H20FNO2S2/c1-21(2,3)18(24)12-19-23(13-14-7-4-5-9-16(14)22)20(25)17(27-19)11-15-8-6-10-26-15/h4-12H,13H2,1-3H3/b17-11-,19-12+. The topological polar surface area (TPSA) is 39.1 Å². The summed E-state index contributed by atoms with van der Waals surface area (Å²) in [5, 5.41) is 1.94. The third kappa shape index (κ3) is 4.51. The largest absolute Gasteiger partial charge is 0.294 e. The van der Waals surface area contributed by atoms with Gasteiger partial charge in [0.25, 0.3) is 5.56 Å². The van der Waals surface area contributed by atoms with Gasteiger partial charge in [0.2, 0.25) is 0 Å². The molecule has 0 unspecified atom stereocenters. The molecule has 0 aliphatic carbocycles. The lowest BCUT2D eigenvalue weighted by molar-refractivity contribution is -0.120. The van der Waals surface area contributed by atoms with Crippen LogP contribution in [0.5, 0.6) is 0 Å². The van der Waals surface area contributed by atoms with Gasteiger partial charge < -0.3 is 0 Å². The van der Waals surface area contributed by atoms with Crippen molar-refractivity contribution in [2.75, 3.05) is 0 Å². The number of thiazole rings is 1.